The molecule has 0 aliphatic rings. The number of hydrogen-bond acceptors (Lipinski definition) is 3. The van der Waals surface area contributed by atoms with Gasteiger partial charge in [0.15, 0.2) is 0 Å². The van der Waals surface area contributed by atoms with E-state index in [1.165, 1.54) is 27.7 Å². The van der Waals surface area contributed by atoms with Crippen molar-refractivity contribution < 1.29 is 27.1 Å². The lowest BCUT2D eigenvalue weighted by molar-refractivity contribution is 0.0501. The summed E-state index contributed by atoms with van der Waals surface area (Å²) in [7, 11) is 0. The quantitative estimate of drug-likeness (QED) is 0.628. The lowest BCUT2D eigenvalue weighted by Gasteiger charge is -2.22. The summed E-state index contributed by atoms with van der Waals surface area (Å²) in [5.74, 6) is -1.21. The van der Waals surface area contributed by atoms with Gasteiger partial charge in [-0.25, -0.2) is 22.4 Å². The number of carbonyl (C=O) groups excluding carboxylic acids is 1. The summed E-state index contributed by atoms with van der Waals surface area (Å²) in [6.45, 7) is 5.92. The Hall–Kier alpha value is -1.60. The molecule has 1 aromatic heterocycles. The van der Waals surface area contributed by atoms with Crippen LogP contribution in [-0.2, 0) is 10.3 Å². The summed E-state index contributed by atoms with van der Waals surface area (Å²) in [6.07, 6.45) is -6.26. The predicted octanol–water partition coefficient (Wildman–Crippen LogP) is 3.69. The van der Waals surface area contributed by atoms with Gasteiger partial charge in [-0.2, -0.15) is 5.10 Å². The predicted molar refractivity (Wildman–Crippen MR) is 63.1 cm³/mol. The molecule has 0 N–H and O–H groups in total. The monoisotopic (exact) mass is 296 g/mol. The molecule has 0 fully saturated rings. The van der Waals surface area contributed by atoms with Gasteiger partial charge in [-0.1, -0.05) is 0 Å². The molecule has 0 amide bonds. The molecule has 0 aliphatic heterocycles. The van der Waals surface area contributed by atoms with Crippen molar-refractivity contribution in [3.63, 3.8) is 0 Å². The van der Waals surface area contributed by atoms with Crippen molar-refractivity contribution >= 4 is 5.97 Å². The van der Waals surface area contributed by atoms with E-state index >= 15 is 0 Å². The molecule has 0 spiro atoms. The lowest BCUT2D eigenvalue weighted by Crippen LogP contribution is -2.26. The number of rotatable bonds is 4. The normalized spacial score (nSPS) is 12.3. The van der Waals surface area contributed by atoms with Gasteiger partial charge in [0.1, 0.15) is 17.0 Å². The smallest absolute Gasteiger partial charge is 0.342 e. The molecule has 1 rings (SSSR count). The average Bonchev–Trinajstić information content (AvgIpc) is 2.68. The molecule has 20 heavy (non-hydrogen) atoms. The minimum atomic E-state index is -3.14. The van der Waals surface area contributed by atoms with Gasteiger partial charge in [-0.15, -0.1) is 0 Å². The van der Waals surface area contributed by atoms with Crippen LogP contribution >= 0.6 is 0 Å². The molecule has 0 saturated heterocycles. The Morgan fingerprint density at radius 2 is 1.80 bits per heavy atom. The fourth-order valence-corrected chi connectivity index (χ4v) is 1.73. The van der Waals surface area contributed by atoms with Crippen molar-refractivity contribution in [2.45, 2.75) is 46.1 Å². The number of aromatic nitrogens is 2. The molecule has 0 atom stereocenters. The highest BCUT2D eigenvalue weighted by molar-refractivity contribution is 5.92. The van der Waals surface area contributed by atoms with Crippen LogP contribution in [0, 0.1) is 0 Å². The van der Waals surface area contributed by atoms with Crippen LogP contribution in [-0.4, -0.2) is 22.4 Å². The van der Waals surface area contributed by atoms with Gasteiger partial charge < -0.3 is 4.74 Å². The molecule has 8 heteroatoms. The Morgan fingerprint density at radius 1 is 1.25 bits per heavy atom. The van der Waals surface area contributed by atoms with E-state index in [2.05, 4.69) is 9.84 Å². The van der Waals surface area contributed by atoms with E-state index in [1.807, 2.05) is 0 Å². The van der Waals surface area contributed by atoms with E-state index in [0.29, 0.717) is 0 Å². The zero-order valence-corrected chi connectivity index (χ0v) is 11.6. The van der Waals surface area contributed by atoms with Crippen molar-refractivity contribution in [3.8, 4) is 0 Å². The SMILES string of the molecule is CCOC(=O)c1c(C(F)F)nn(C(C)(C)C)c1C(F)F. The van der Waals surface area contributed by atoms with Crippen LogP contribution in [0.25, 0.3) is 0 Å². The van der Waals surface area contributed by atoms with Gasteiger partial charge in [0, 0.05) is 0 Å². The Balaban J connectivity index is 3.59. The minimum Gasteiger partial charge on any atom is -0.462 e. The van der Waals surface area contributed by atoms with Gasteiger partial charge in [0.25, 0.3) is 12.9 Å². The summed E-state index contributed by atoms with van der Waals surface area (Å²) in [5, 5.41) is 3.49. The molecule has 0 aromatic carbocycles. The van der Waals surface area contributed by atoms with Crippen LogP contribution in [0.5, 0.6) is 0 Å². The van der Waals surface area contributed by atoms with E-state index in [4.69, 9.17) is 0 Å². The summed E-state index contributed by atoms with van der Waals surface area (Å²) >= 11 is 0. The third kappa shape index (κ3) is 3.10. The van der Waals surface area contributed by atoms with Crippen LogP contribution in [0.15, 0.2) is 0 Å². The number of hydrogen-bond donors (Lipinski definition) is 0. The maximum Gasteiger partial charge on any atom is 0.342 e. The largest absolute Gasteiger partial charge is 0.462 e. The maximum absolute atomic E-state index is 13.2. The molecule has 0 saturated carbocycles. The van der Waals surface area contributed by atoms with Gasteiger partial charge in [0.2, 0.25) is 0 Å². The van der Waals surface area contributed by atoms with Gasteiger partial charge in [-0.05, 0) is 27.7 Å². The van der Waals surface area contributed by atoms with Crippen LogP contribution in [0.2, 0.25) is 0 Å². The Bertz CT molecular complexity index is 492. The zero-order valence-electron chi connectivity index (χ0n) is 11.6. The van der Waals surface area contributed by atoms with Crippen LogP contribution in [0.4, 0.5) is 17.6 Å². The fourth-order valence-electron chi connectivity index (χ4n) is 1.73. The molecule has 0 radical (unpaired) electrons. The van der Waals surface area contributed by atoms with Crippen LogP contribution in [0.3, 0.4) is 0 Å². The first kappa shape index (κ1) is 16.5. The number of alkyl halides is 4. The van der Waals surface area contributed by atoms with Gasteiger partial charge >= 0.3 is 5.97 Å². The molecule has 0 unspecified atom stereocenters. The Labute approximate surface area is 113 Å². The van der Waals surface area contributed by atoms with Crippen molar-refractivity contribution in [3.05, 3.63) is 17.0 Å². The van der Waals surface area contributed by atoms with Crippen molar-refractivity contribution in [2.75, 3.05) is 6.61 Å². The second-order valence-electron chi connectivity index (χ2n) is 5.05. The number of carbonyl (C=O) groups is 1. The number of esters is 1. The third-order valence-electron chi connectivity index (χ3n) is 2.48. The number of nitrogens with zero attached hydrogens (tertiary/aromatic N) is 2. The zero-order chi connectivity index (χ0) is 15.7. The summed E-state index contributed by atoms with van der Waals surface area (Å²) in [4.78, 5) is 11.7. The van der Waals surface area contributed by atoms with E-state index in [0.717, 1.165) is 4.68 Å². The van der Waals surface area contributed by atoms with E-state index in [1.54, 1.807) is 0 Å². The highest BCUT2D eigenvalue weighted by Gasteiger charge is 2.36. The summed E-state index contributed by atoms with van der Waals surface area (Å²) in [6, 6.07) is 0. The topological polar surface area (TPSA) is 44.1 Å². The molecule has 1 aromatic rings. The minimum absolute atomic E-state index is 0.106. The van der Waals surface area contributed by atoms with E-state index in [-0.39, 0.29) is 6.61 Å². The summed E-state index contributed by atoms with van der Waals surface area (Å²) in [5.41, 5.74) is -3.63. The second kappa shape index (κ2) is 5.80. The number of ether oxygens (including phenoxy) is 1. The molecule has 4 nitrogen and oxygen atoms in total. The molecule has 0 bridgehead atoms. The molecular weight excluding hydrogens is 280 g/mol. The molecule has 0 aliphatic carbocycles. The standard InChI is InChI=1S/C12H16F4N2O2/c1-5-20-11(19)6-7(9(13)14)17-18(12(2,3)4)8(6)10(15)16/h9-10H,5H2,1-4H3. The van der Waals surface area contributed by atoms with Gasteiger partial charge in [-0.3, -0.25) is 4.68 Å². The van der Waals surface area contributed by atoms with Gasteiger partial charge in [0.05, 0.1) is 12.1 Å². The van der Waals surface area contributed by atoms with E-state index in [9.17, 15) is 22.4 Å². The molecule has 1 heterocycles. The Kier molecular flexibility index (Phi) is 4.77. The highest BCUT2D eigenvalue weighted by Crippen LogP contribution is 2.34. The van der Waals surface area contributed by atoms with E-state index < -0.39 is 41.3 Å². The first-order valence-electron chi connectivity index (χ1n) is 5.98. The fraction of sp³-hybridized carbons (Fsp3) is 0.667. The van der Waals surface area contributed by atoms with Crippen molar-refractivity contribution in [1.29, 1.82) is 0 Å². The first-order valence-corrected chi connectivity index (χ1v) is 5.98. The highest BCUT2D eigenvalue weighted by atomic mass is 19.3. The third-order valence-corrected chi connectivity index (χ3v) is 2.48. The lowest BCUT2D eigenvalue weighted by atomic mass is 10.1. The van der Waals surface area contributed by atoms with Crippen LogP contribution in [0.1, 0.15) is 62.3 Å². The second-order valence-corrected chi connectivity index (χ2v) is 5.05. The van der Waals surface area contributed by atoms with Crippen LogP contribution < -0.4 is 0 Å². The van der Waals surface area contributed by atoms with Crippen molar-refractivity contribution in [2.24, 2.45) is 0 Å². The molecule has 114 valence electrons. The average molecular weight is 296 g/mol. The first-order chi connectivity index (χ1) is 9.11. The summed E-state index contributed by atoms with van der Waals surface area (Å²) < 4.78 is 57.6. The van der Waals surface area contributed by atoms with Crippen molar-refractivity contribution in [1.82, 2.24) is 9.78 Å². The maximum atomic E-state index is 13.2. The molecular formula is C12H16F4N2O2. The number of halogens is 4. The Morgan fingerprint density at radius 3 is 2.15 bits per heavy atom.